The van der Waals surface area contributed by atoms with Crippen molar-refractivity contribution in [2.45, 2.75) is 17.7 Å². The van der Waals surface area contributed by atoms with E-state index >= 15 is 0 Å². The maximum Gasteiger partial charge on any atom is 0.244 e. The van der Waals surface area contributed by atoms with E-state index < -0.39 is 26.0 Å². The monoisotopic (exact) mass is 424 g/mol. The molecule has 10 heteroatoms. The summed E-state index contributed by atoms with van der Waals surface area (Å²) in [5, 5.41) is 0. The smallest absolute Gasteiger partial charge is 0.244 e. The molecule has 28 heavy (non-hydrogen) atoms. The largest absolute Gasteiger partial charge is 0.495 e. The van der Waals surface area contributed by atoms with Gasteiger partial charge in [-0.05, 0) is 30.2 Å². The first-order valence-corrected chi connectivity index (χ1v) is 11.6. The van der Waals surface area contributed by atoms with Crippen LogP contribution in [0.15, 0.2) is 53.4 Å². The summed E-state index contributed by atoms with van der Waals surface area (Å²) in [6.07, 6.45) is 0.354. The highest BCUT2D eigenvalue weighted by molar-refractivity contribution is 7.94. The molecule has 0 aromatic heterocycles. The fourth-order valence-electron chi connectivity index (χ4n) is 2.92. The normalized spacial score (nSPS) is 16.3. The van der Waals surface area contributed by atoms with E-state index in [4.69, 9.17) is 4.74 Å². The van der Waals surface area contributed by atoms with Gasteiger partial charge in [-0.25, -0.2) is 25.9 Å². The highest BCUT2D eigenvalue weighted by atomic mass is 32.2. The minimum Gasteiger partial charge on any atom is -0.495 e. The molecule has 1 N–H and O–H groups in total. The number of sulfonamides is 2. The van der Waals surface area contributed by atoms with E-state index in [2.05, 4.69) is 4.72 Å². The highest BCUT2D eigenvalue weighted by Crippen LogP contribution is 2.32. The molecule has 0 spiro atoms. The average Bonchev–Trinajstić information content (AvgIpc) is 2.94. The summed E-state index contributed by atoms with van der Waals surface area (Å²) in [5.74, 6) is -0.833. The van der Waals surface area contributed by atoms with Crippen molar-refractivity contribution >= 4 is 31.6 Å². The number of benzene rings is 2. The zero-order valence-electron chi connectivity index (χ0n) is 15.2. The molecule has 0 aliphatic carbocycles. The van der Waals surface area contributed by atoms with Crippen molar-refractivity contribution in [2.24, 2.45) is 0 Å². The Hall–Kier alpha value is -2.43. The Balaban J connectivity index is 1.88. The molecule has 0 atom stereocenters. The number of methoxy groups -OCH3 is 1. The molecule has 1 aliphatic rings. The summed E-state index contributed by atoms with van der Waals surface area (Å²) in [7, 11) is -6.47. The topological polar surface area (TPSA) is 110 Å². The summed E-state index contributed by atoms with van der Waals surface area (Å²) >= 11 is 0. The zero-order chi connectivity index (χ0) is 20.4. The number of ether oxygens (including phenoxy) is 1. The van der Waals surface area contributed by atoms with Crippen LogP contribution in [0.1, 0.15) is 12.0 Å². The Kier molecular flexibility index (Phi) is 5.73. The molecule has 1 heterocycles. The van der Waals surface area contributed by atoms with Crippen LogP contribution in [0.3, 0.4) is 0 Å². The second-order valence-electron chi connectivity index (χ2n) is 6.19. The van der Waals surface area contributed by atoms with E-state index in [0.717, 1.165) is 11.6 Å². The molecule has 0 bridgehead atoms. The van der Waals surface area contributed by atoms with Crippen molar-refractivity contribution in [3.05, 3.63) is 54.1 Å². The number of carbonyl (C=O) groups is 1. The van der Waals surface area contributed by atoms with Gasteiger partial charge in [0.2, 0.25) is 26.0 Å². The van der Waals surface area contributed by atoms with Crippen LogP contribution in [0.4, 0.5) is 5.69 Å². The van der Waals surface area contributed by atoms with Crippen molar-refractivity contribution in [1.29, 1.82) is 0 Å². The first kappa shape index (κ1) is 20.3. The fourth-order valence-corrected chi connectivity index (χ4v) is 5.59. The quantitative estimate of drug-likeness (QED) is 0.717. The van der Waals surface area contributed by atoms with Crippen molar-refractivity contribution in [1.82, 2.24) is 4.72 Å². The Bertz CT molecular complexity index is 1080. The second kappa shape index (κ2) is 7.90. The van der Waals surface area contributed by atoms with Crippen LogP contribution in [0.2, 0.25) is 0 Å². The minimum atomic E-state index is -3.99. The van der Waals surface area contributed by atoms with Crippen LogP contribution in [-0.2, 0) is 31.3 Å². The van der Waals surface area contributed by atoms with E-state index in [-0.39, 0.29) is 35.1 Å². The first-order chi connectivity index (χ1) is 13.2. The summed E-state index contributed by atoms with van der Waals surface area (Å²) in [6, 6.07) is 13.2. The van der Waals surface area contributed by atoms with E-state index in [9.17, 15) is 21.6 Å². The SMILES string of the molecule is COc1ccc(N2C(=O)CCS2(=O)=O)cc1S(=O)(=O)NCCc1ccccc1. The van der Waals surface area contributed by atoms with Crippen LogP contribution < -0.4 is 13.8 Å². The number of amides is 1. The third kappa shape index (κ3) is 4.18. The summed E-state index contributed by atoms with van der Waals surface area (Å²) in [5.41, 5.74) is 0.950. The number of carbonyl (C=O) groups excluding carboxylic acids is 1. The van der Waals surface area contributed by atoms with Gasteiger partial charge in [0.1, 0.15) is 10.6 Å². The molecule has 1 saturated heterocycles. The maximum absolute atomic E-state index is 12.8. The lowest BCUT2D eigenvalue weighted by Gasteiger charge is -2.18. The van der Waals surface area contributed by atoms with E-state index in [0.29, 0.717) is 10.7 Å². The molecule has 1 aliphatic heterocycles. The molecule has 3 rings (SSSR count). The van der Waals surface area contributed by atoms with Crippen LogP contribution in [0, 0.1) is 0 Å². The molecule has 8 nitrogen and oxygen atoms in total. The molecular weight excluding hydrogens is 404 g/mol. The van der Waals surface area contributed by atoms with Gasteiger partial charge in [0, 0.05) is 13.0 Å². The molecule has 1 amide bonds. The number of nitrogens with zero attached hydrogens (tertiary/aromatic N) is 1. The number of hydrogen-bond donors (Lipinski definition) is 1. The summed E-state index contributed by atoms with van der Waals surface area (Å²) in [6.45, 7) is 0.153. The van der Waals surface area contributed by atoms with E-state index in [1.54, 1.807) is 0 Å². The maximum atomic E-state index is 12.8. The summed E-state index contributed by atoms with van der Waals surface area (Å²) in [4.78, 5) is 11.8. The van der Waals surface area contributed by atoms with Crippen molar-refractivity contribution in [3.8, 4) is 5.75 Å². The van der Waals surface area contributed by atoms with Crippen LogP contribution in [0.25, 0.3) is 0 Å². The van der Waals surface area contributed by atoms with E-state index in [1.165, 1.54) is 19.2 Å². The van der Waals surface area contributed by atoms with Crippen molar-refractivity contribution < 1.29 is 26.4 Å². The van der Waals surface area contributed by atoms with Gasteiger partial charge in [0.15, 0.2) is 0 Å². The van der Waals surface area contributed by atoms with E-state index in [1.807, 2.05) is 30.3 Å². The predicted octanol–water partition coefficient (Wildman–Crippen LogP) is 1.28. The Morgan fingerprint density at radius 3 is 2.46 bits per heavy atom. The Morgan fingerprint density at radius 2 is 1.86 bits per heavy atom. The molecule has 0 unspecified atom stereocenters. The lowest BCUT2D eigenvalue weighted by atomic mass is 10.2. The van der Waals surface area contributed by atoms with Gasteiger partial charge in [0.25, 0.3) is 0 Å². The number of nitrogens with one attached hydrogen (secondary N) is 1. The van der Waals surface area contributed by atoms with Gasteiger partial charge in [-0.3, -0.25) is 4.79 Å². The summed E-state index contributed by atoms with van der Waals surface area (Å²) < 4.78 is 58.0. The predicted molar refractivity (Wildman–Crippen MR) is 104 cm³/mol. The van der Waals surface area contributed by atoms with Crippen molar-refractivity contribution in [3.63, 3.8) is 0 Å². The van der Waals surface area contributed by atoms with Gasteiger partial charge < -0.3 is 4.74 Å². The average molecular weight is 425 g/mol. The van der Waals surface area contributed by atoms with Crippen molar-refractivity contribution in [2.75, 3.05) is 23.7 Å². The van der Waals surface area contributed by atoms with Gasteiger partial charge in [0.05, 0.1) is 18.6 Å². The molecule has 2 aromatic carbocycles. The lowest BCUT2D eigenvalue weighted by molar-refractivity contribution is -0.116. The molecular formula is C18H20N2O6S2. The molecule has 0 saturated carbocycles. The van der Waals surface area contributed by atoms with Gasteiger partial charge in [-0.1, -0.05) is 30.3 Å². The fraction of sp³-hybridized carbons (Fsp3) is 0.278. The molecule has 2 aromatic rings. The lowest BCUT2D eigenvalue weighted by Crippen LogP contribution is -2.30. The van der Waals surface area contributed by atoms with Gasteiger partial charge in [-0.15, -0.1) is 0 Å². The van der Waals surface area contributed by atoms with Crippen LogP contribution in [-0.4, -0.2) is 42.2 Å². The first-order valence-electron chi connectivity index (χ1n) is 8.52. The Morgan fingerprint density at radius 1 is 1.14 bits per heavy atom. The second-order valence-corrected chi connectivity index (χ2v) is 9.87. The molecule has 150 valence electrons. The third-order valence-electron chi connectivity index (χ3n) is 4.30. The van der Waals surface area contributed by atoms with Crippen LogP contribution in [0.5, 0.6) is 5.75 Å². The number of rotatable bonds is 7. The van der Waals surface area contributed by atoms with Gasteiger partial charge >= 0.3 is 0 Å². The van der Waals surface area contributed by atoms with Gasteiger partial charge in [-0.2, -0.15) is 0 Å². The zero-order valence-corrected chi connectivity index (χ0v) is 16.8. The molecule has 1 fully saturated rings. The number of hydrogen-bond acceptors (Lipinski definition) is 6. The molecule has 0 radical (unpaired) electrons. The van der Waals surface area contributed by atoms with Crippen LogP contribution >= 0.6 is 0 Å². The minimum absolute atomic E-state index is 0.0215. The third-order valence-corrected chi connectivity index (χ3v) is 7.47. The number of anilines is 1. The standard InChI is InChI=1S/C18H20N2O6S2/c1-26-16-8-7-15(20-18(21)10-12-27(20,22)23)13-17(16)28(24,25)19-11-9-14-5-3-2-4-6-14/h2-8,13,19H,9-12H2,1H3. The Labute approximate surface area is 164 Å². The highest BCUT2D eigenvalue weighted by Gasteiger charge is 2.37.